The molecule has 3 rings (SSSR count). The van der Waals surface area contributed by atoms with Gasteiger partial charge < -0.3 is 4.90 Å². The third-order valence-corrected chi connectivity index (χ3v) is 5.84. The van der Waals surface area contributed by atoms with E-state index in [1.807, 2.05) is 12.1 Å². The number of rotatable bonds is 1. The molecule has 2 fully saturated rings. The molecule has 0 aliphatic carbocycles. The molecule has 1 aromatic carbocycles. The van der Waals surface area contributed by atoms with Gasteiger partial charge >= 0.3 is 0 Å². The Labute approximate surface area is 131 Å². The fourth-order valence-corrected chi connectivity index (χ4v) is 4.15. The molecule has 0 spiro atoms. The number of carbonyl (C=O) groups excluding carboxylic acids is 1. The van der Waals surface area contributed by atoms with Gasteiger partial charge in [-0.3, -0.25) is 4.79 Å². The van der Waals surface area contributed by atoms with Crippen molar-refractivity contribution in [1.82, 2.24) is 0 Å². The second kappa shape index (κ2) is 5.27. The van der Waals surface area contributed by atoms with E-state index in [0.717, 1.165) is 23.0 Å². The first-order valence-electron chi connectivity index (χ1n) is 6.51. The van der Waals surface area contributed by atoms with E-state index >= 15 is 0 Å². The van der Waals surface area contributed by atoms with Crippen molar-refractivity contribution in [2.45, 2.75) is 44.2 Å². The lowest BCUT2D eigenvalue weighted by Gasteiger charge is -2.47. The third kappa shape index (κ3) is 2.41. The van der Waals surface area contributed by atoms with Gasteiger partial charge in [0, 0.05) is 29.4 Å². The molecule has 2 atom stereocenters. The number of nitrogens with zero attached hydrogens (tertiary/aromatic N) is 1. The number of hydrogen-bond donors (Lipinski definition) is 0. The van der Waals surface area contributed by atoms with E-state index in [1.54, 1.807) is 0 Å². The van der Waals surface area contributed by atoms with Crippen molar-refractivity contribution in [3.63, 3.8) is 0 Å². The van der Waals surface area contributed by atoms with Gasteiger partial charge in [0.2, 0.25) is 0 Å². The lowest BCUT2D eigenvalue weighted by Crippen LogP contribution is -2.52. The fourth-order valence-electron chi connectivity index (χ4n) is 3.28. The smallest absolute Gasteiger partial charge is 0.137 e. The van der Waals surface area contributed by atoms with Gasteiger partial charge in [-0.2, -0.15) is 0 Å². The molecular formula is C14H14BrCl2NO. The minimum absolute atomic E-state index is 0.287. The van der Waals surface area contributed by atoms with Crippen molar-refractivity contribution in [3.05, 3.63) is 26.7 Å². The predicted molar refractivity (Wildman–Crippen MR) is 82.3 cm³/mol. The molecule has 0 saturated carbocycles. The number of hydrogen-bond acceptors (Lipinski definition) is 2. The average Bonchev–Trinajstić information content (AvgIpc) is 2.36. The minimum atomic E-state index is 0.287. The number of halogens is 3. The van der Waals surface area contributed by atoms with Crippen LogP contribution in [0.15, 0.2) is 16.6 Å². The second-order valence-electron chi connectivity index (χ2n) is 5.29. The molecule has 2 heterocycles. The Kier molecular flexibility index (Phi) is 3.80. The largest absolute Gasteiger partial charge is 0.363 e. The monoisotopic (exact) mass is 361 g/mol. The summed E-state index contributed by atoms with van der Waals surface area (Å²) in [5, 5.41) is 1.14. The molecule has 1 aromatic rings. The van der Waals surface area contributed by atoms with E-state index in [1.165, 1.54) is 6.42 Å². The van der Waals surface area contributed by atoms with E-state index in [9.17, 15) is 4.79 Å². The van der Waals surface area contributed by atoms with Crippen LogP contribution >= 0.6 is 39.1 Å². The molecule has 0 N–H and O–H groups in total. The van der Waals surface area contributed by atoms with Gasteiger partial charge in [-0.25, -0.2) is 0 Å². The fraction of sp³-hybridized carbons (Fsp3) is 0.500. The first-order valence-corrected chi connectivity index (χ1v) is 8.06. The summed E-state index contributed by atoms with van der Waals surface area (Å²) in [7, 11) is 0. The highest BCUT2D eigenvalue weighted by Gasteiger charge is 2.38. The van der Waals surface area contributed by atoms with Gasteiger partial charge in [-0.1, -0.05) is 23.2 Å². The van der Waals surface area contributed by atoms with Crippen LogP contribution in [0, 0.1) is 0 Å². The Bertz CT molecular complexity index is 518. The van der Waals surface area contributed by atoms with E-state index in [-0.39, 0.29) is 12.1 Å². The van der Waals surface area contributed by atoms with E-state index in [2.05, 4.69) is 20.8 Å². The molecule has 2 aliphatic rings. The Hall–Kier alpha value is -0.250. The summed E-state index contributed by atoms with van der Waals surface area (Å²) in [5.74, 6) is 0.380. The van der Waals surface area contributed by atoms with E-state index in [4.69, 9.17) is 23.2 Å². The van der Waals surface area contributed by atoms with Crippen LogP contribution in [0.25, 0.3) is 0 Å². The summed E-state index contributed by atoms with van der Waals surface area (Å²) in [4.78, 5) is 14.1. The number of Topliss-reactive ketones (excluding diaryl/α,β-unsaturated/α-hetero) is 1. The summed E-state index contributed by atoms with van der Waals surface area (Å²) < 4.78 is 0.807. The van der Waals surface area contributed by atoms with Gasteiger partial charge in [0.25, 0.3) is 0 Å². The number of piperidine rings is 2. The summed E-state index contributed by atoms with van der Waals surface area (Å²) in [5.41, 5.74) is 0.970. The van der Waals surface area contributed by atoms with Crippen LogP contribution < -0.4 is 4.90 Å². The van der Waals surface area contributed by atoms with Crippen molar-refractivity contribution in [1.29, 1.82) is 0 Å². The van der Waals surface area contributed by atoms with Crippen molar-refractivity contribution < 1.29 is 4.79 Å². The molecule has 102 valence electrons. The van der Waals surface area contributed by atoms with Crippen LogP contribution in [-0.2, 0) is 4.79 Å². The highest BCUT2D eigenvalue weighted by Crippen LogP contribution is 2.43. The first-order chi connectivity index (χ1) is 9.08. The molecule has 19 heavy (non-hydrogen) atoms. The number of ketones is 1. The molecule has 0 aromatic heterocycles. The van der Waals surface area contributed by atoms with Crippen molar-refractivity contribution in [2.75, 3.05) is 4.90 Å². The van der Waals surface area contributed by atoms with Gasteiger partial charge in [-0.15, -0.1) is 0 Å². The number of fused-ring (bicyclic) bond motifs is 2. The maximum Gasteiger partial charge on any atom is 0.137 e. The Morgan fingerprint density at radius 1 is 1.11 bits per heavy atom. The maximum absolute atomic E-state index is 11.8. The Balaban J connectivity index is 2.02. The molecule has 0 radical (unpaired) electrons. The van der Waals surface area contributed by atoms with E-state index < -0.39 is 0 Å². The van der Waals surface area contributed by atoms with Crippen LogP contribution in [0.4, 0.5) is 5.69 Å². The van der Waals surface area contributed by atoms with Gasteiger partial charge in [0.1, 0.15) is 5.78 Å². The Morgan fingerprint density at radius 2 is 1.74 bits per heavy atom. The number of carbonyl (C=O) groups is 1. The van der Waals surface area contributed by atoms with Crippen LogP contribution in [-0.4, -0.2) is 17.9 Å². The molecule has 2 saturated heterocycles. The second-order valence-corrected chi connectivity index (χ2v) is 6.90. The van der Waals surface area contributed by atoms with Crippen molar-refractivity contribution in [3.8, 4) is 0 Å². The predicted octanol–water partition coefficient (Wildman–Crippen LogP) is 4.85. The minimum Gasteiger partial charge on any atom is -0.363 e. The van der Waals surface area contributed by atoms with Crippen LogP contribution in [0.3, 0.4) is 0 Å². The molecule has 5 heteroatoms. The topological polar surface area (TPSA) is 20.3 Å². The summed E-state index contributed by atoms with van der Waals surface area (Å²) in [6.45, 7) is 0. The maximum atomic E-state index is 11.8. The summed E-state index contributed by atoms with van der Waals surface area (Å²) in [6.07, 6.45) is 4.60. The van der Waals surface area contributed by atoms with Crippen molar-refractivity contribution >= 4 is 50.6 Å². The third-order valence-electron chi connectivity index (χ3n) is 4.08. The van der Waals surface area contributed by atoms with Crippen LogP contribution in [0.1, 0.15) is 32.1 Å². The highest BCUT2D eigenvalue weighted by atomic mass is 79.9. The summed E-state index contributed by atoms with van der Waals surface area (Å²) in [6, 6.07) is 4.50. The molecule has 2 aliphatic heterocycles. The molecule has 0 amide bonds. The van der Waals surface area contributed by atoms with Crippen molar-refractivity contribution in [2.24, 2.45) is 0 Å². The highest BCUT2D eigenvalue weighted by molar-refractivity contribution is 9.10. The zero-order chi connectivity index (χ0) is 13.6. The summed E-state index contributed by atoms with van der Waals surface area (Å²) >= 11 is 16.0. The molecule has 2 unspecified atom stereocenters. The first kappa shape index (κ1) is 13.7. The number of benzene rings is 1. The van der Waals surface area contributed by atoms with Crippen LogP contribution in [0.2, 0.25) is 10.0 Å². The normalized spacial score (nSPS) is 26.7. The molecular weight excluding hydrogens is 349 g/mol. The van der Waals surface area contributed by atoms with Crippen LogP contribution in [0.5, 0.6) is 0 Å². The Morgan fingerprint density at radius 3 is 2.37 bits per heavy atom. The van der Waals surface area contributed by atoms with Gasteiger partial charge in [0.05, 0.1) is 15.7 Å². The van der Waals surface area contributed by atoms with Gasteiger partial charge in [-0.05, 0) is 47.3 Å². The molecule has 2 bridgehead atoms. The molecule has 2 nitrogen and oxygen atoms in total. The average molecular weight is 363 g/mol. The van der Waals surface area contributed by atoms with Gasteiger partial charge in [0.15, 0.2) is 0 Å². The zero-order valence-electron chi connectivity index (χ0n) is 10.3. The van der Waals surface area contributed by atoms with E-state index in [0.29, 0.717) is 28.7 Å². The lowest BCUT2D eigenvalue weighted by molar-refractivity contribution is -0.121. The number of anilines is 1. The quantitative estimate of drug-likeness (QED) is 0.666. The lowest BCUT2D eigenvalue weighted by atomic mass is 9.83. The standard InChI is InChI=1S/C14H14BrCl2NO/c15-11-4-5-12(14(17)13(11)16)18-8-2-1-3-9(18)7-10(19)6-8/h4-5,8-9H,1-3,6-7H2. The zero-order valence-corrected chi connectivity index (χ0v) is 13.4. The SMILES string of the molecule is O=C1CC2CCCC(C1)N2c1ccc(Br)c(Cl)c1Cl.